The Morgan fingerprint density at radius 2 is 1.64 bits per heavy atom. The number of ether oxygens (including phenoxy) is 2. The lowest BCUT2D eigenvalue weighted by Gasteiger charge is -2.37. The van der Waals surface area contributed by atoms with Crippen molar-refractivity contribution in [3.63, 3.8) is 0 Å². The molecule has 1 saturated carbocycles. The monoisotopic (exact) mass is 454 g/mol. The van der Waals surface area contributed by atoms with Crippen molar-refractivity contribution in [2.45, 2.75) is 70.8 Å². The van der Waals surface area contributed by atoms with E-state index < -0.39 is 11.6 Å². The molecule has 2 aromatic carbocycles. The third kappa shape index (κ3) is 5.66. The van der Waals surface area contributed by atoms with Crippen LogP contribution in [0.1, 0.15) is 70.3 Å². The predicted molar refractivity (Wildman–Crippen MR) is 130 cm³/mol. The van der Waals surface area contributed by atoms with Gasteiger partial charge in [0.05, 0.1) is 19.3 Å². The second-order valence-electron chi connectivity index (χ2n) is 9.56. The second-order valence-corrected chi connectivity index (χ2v) is 9.56. The molecule has 2 unspecified atom stereocenters. The van der Waals surface area contributed by atoms with Crippen molar-refractivity contribution in [3.8, 4) is 16.9 Å². The topological polar surface area (TPSA) is 18.5 Å². The fraction of sp³-hybridized carbons (Fsp3) is 0.517. The molecule has 33 heavy (non-hydrogen) atoms. The largest absolute Gasteiger partial charge is 0.490 e. The summed E-state index contributed by atoms with van der Waals surface area (Å²) in [6.07, 6.45) is 12.6. The zero-order valence-electron chi connectivity index (χ0n) is 19.9. The highest BCUT2D eigenvalue weighted by Gasteiger charge is 2.31. The Morgan fingerprint density at radius 1 is 0.909 bits per heavy atom. The molecular weight excluding hydrogens is 418 g/mol. The zero-order valence-corrected chi connectivity index (χ0v) is 19.9. The molecule has 2 atom stereocenters. The fourth-order valence-corrected chi connectivity index (χ4v) is 5.47. The Morgan fingerprint density at radius 3 is 2.27 bits per heavy atom. The SMILES string of the molecule is CC=CC1CCC(C2CCC(c3ccc(-c4ccc(OCCC)c(F)c4F)cc3)CC2)CO1. The molecule has 0 bridgehead atoms. The number of halogens is 2. The van der Waals surface area contributed by atoms with Crippen LogP contribution in [0.2, 0.25) is 0 Å². The van der Waals surface area contributed by atoms with Crippen LogP contribution in [0.4, 0.5) is 8.78 Å². The normalized spacial score (nSPS) is 25.9. The van der Waals surface area contributed by atoms with Gasteiger partial charge in [0.15, 0.2) is 11.6 Å². The smallest absolute Gasteiger partial charge is 0.201 e. The molecule has 0 N–H and O–H groups in total. The number of hydrogen-bond acceptors (Lipinski definition) is 2. The van der Waals surface area contributed by atoms with E-state index in [0.717, 1.165) is 25.4 Å². The third-order valence-corrected chi connectivity index (χ3v) is 7.39. The molecule has 2 aromatic rings. The van der Waals surface area contributed by atoms with Crippen molar-refractivity contribution < 1.29 is 18.3 Å². The molecule has 0 aromatic heterocycles. The lowest BCUT2D eigenvalue weighted by atomic mass is 9.72. The van der Waals surface area contributed by atoms with Gasteiger partial charge in [-0.2, -0.15) is 4.39 Å². The molecule has 0 spiro atoms. The summed E-state index contributed by atoms with van der Waals surface area (Å²) in [6, 6.07) is 11.1. The molecule has 4 rings (SSSR count). The van der Waals surface area contributed by atoms with Crippen molar-refractivity contribution in [1.82, 2.24) is 0 Å². The highest BCUT2D eigenvalue weighted by atomic mass is 19.2. The Bertz CT molecular complexity index is 921. The Balaban J connectivity index is 1.35. The van der Waals surface area contributed by atoms with E-state index in [4.69, 9.17) is 9.47 Å². The van der Waals surface area contributed by atoms with E-state index in [1.165, 1.54) is 43.7 Å². The van der Waals surface area contributed by atoms with E-state index in [1.54, 1.807) is 6.07 Å². The highest BCUT2D eigenvalue weighted by molar-refractivity contribution is 5.65. The van der Waals surface area contributed by atoms with E-state index in [-0.39, 0.29) is 11.3 Å². The van der Waals surface area contributed by atoms with Gasteiger partial charge < -0.3 is 9.47 Å². The standard InChI is InChI=1S/C29H36F2O2/c1-3-5-25-15-14-24(19-33-25)22-8-6-20(7-9-22)21-10-12-23(13-11-21)26-16-17-27(32-18-4-2)29(31)28(26)30/h3,5,10-13,16-17,20,22,24-25H,4,6-9,14-15,18-19H2,1-2H3. The van der Waals surface area contributed by atoms with Gasteiger partial charge in [0.1, 0.15) is 0 Å². The minimum absolute atomic E-state index is 0.0211. The summed E-state index contributed by atoms with van der Waals surface area (Å²) < 4.78 is 40.4. The molecule has 2 aliphatic rings. The minimum atomic E-state index is -0.910. The van der Waals surface area contributed by atoms with Crippen LogP contribution in [0.5, 0.6) is 5.75 Å². The molecule has 1 heterocycles. The van der Waals surface area contributed by atoms with Crippen LogP contribution >= 0.6 is 0 Å². The molecule has 2 fully saturated rings. The molecule has 0 radical (unpaired) electrons. The zero-order chi connectivity index (χ0) is 23.2. The van der Waals surface area contributed by atoms with Crippen LogP contribution in [0, 0.1) is 23.5 Å². The summed E-state index contributed by atoms with van der Waals surface area (Å²) in [5, 5.41) is 0. The van der Waals surface area contributed by atoms with Crippen LogP contribution in [0.15, 0.2) is 48.6 Å². The summed E-state index contributed by atoms with van der Waals surface area (Å²) >= 11 is 0. The van der Waals surface area contributed by atoms with Gasteiger partial charge in [-0.25, -0.2) is 4.39 Å². The van der Waals surface area contributed by atoms with Crippen molar-refractivity contribution in [1.29, 1.82) is 0 Å². The Labute approximate surface area is 197 Å². The first-order chi connectivity index (χ1) is 16.1. The maximum absolute atomic E-state index is 14.6. The van der Waals surface area contributed by atoms with Gasteiger partial charge in [-0.1, -0.05) is 43.3 Å². The number of allylic oxidation sites excluding steroid dienone is 1. The molecule has 1 saturated heterocycles. The van der Waals surface area contributed by atoms with Crippen molar-refractivity contribution in [2.75, 3.05) is 13.2 Å². The van der Waals surface area contributed by atoms with Gasteiger partial charge >= 0.3 is 0 Å². The predicted octanol–water partition coefficient (Wildman–Crippen LogP) is 8.07. The molecule has 1 aliphatic heterocycles. The lowest BCUT2D eigenvalue weighted by molar-refractivity contribution is -0.0149. The Hall–Kier alpha value is -2.20. The summed E-state index contributed by atoms with van der Waals surface area (Å²) in [6.45, 7) is 5.25. The summed E-state index contributed by atoms with van der Waals surface area (Å²) in [5.74, 6) is 0.221. The number of hydrogen-bond donors (Lipinski definition) is 0. The van der Waals surface area contributed by atoms with Crippen molar-refractivity contribution in [2.24, 2.45) is 11.8 Å². The van der Waals surface area contributed by atoms with Gasteiger partial charge in [-0.05, 0) is 92.9 Å². The first-order valence-electron chi connectivity index (χ1n) is 12.6. The maximum atomic E-state index is 14.6. The van der Waals surface area contributed by atoms with E-state index in [1.807, 2.05) is 19.1 Å². The van der Waals surface area contributed by atoms with Gasteiger partial charge in [-0.3, -0.25) is 0 Å². The minimum Gasteiger partial charge on any atom is -0.490 e. The van der Waals surface area contributed by atoms with Crippen LogP contribution in [0.25, 0.3) is 11.1 Å². The number of rotatable bonds is 7. The molecule has 178 valence electrons. The van der Waals surface area contributed by atoms with Crippen LogP contribution in [-0.4, -0.2) is 19.3 Å². The fourth-order valence-electron chi connectivity index (χ4n) is 5.47. The first-order valence-corrected chi connectivity index (χ1v) is 12.6. The van der Waals surface area contributed by atoms with E-state index >= 15 is 0 Å². The van der Waals surface area contributed by atoms with Gasteiger partial charge in [0, 0.05) is 5.56 Å². The molecule has 2 nitrogen and oxygen atoms in total. The quantitative estimate of drug-likeness (QED) is 0.394. The van der Waals surface area contributed by atoms with Gasteiger partial charge in [0.25, 0.3) is 0 Å². The number of benzene rings is 2. The third-order valence-electron chi connectivity index (χ3n) is 7.39. The van der Waals surface area contributed by atoms with Crippen molar-refractivity contribution >= 4 is 0 Å². The van der Waals surface area contributed by atoms with E-state index in [0.29, 0.717) is 30.1 Å². The highest BCUT2D eigenvalue weighted by Crippen LogP contribution is 2.42. The van der Waals surface area contributed by atoms with E-state index in [2.05, 4.69) is 31.2 Å². The Kier molecular flexibility index (Phi) is 8.19. The van der Waals surface area contributed by atoms with Crippen molar-refractivity contribution in [3.05, 3.63) is 65.7 Å². The van der Waals surface area contributed by atoms with Gasteiger partial charge in [0.2, 0.25) is 5.82 Å². The van der Waals surface area contributed by atoms with E-state index in [9.17, 15) is 8.78 Å². The van der Waals surface area contributed by atoms with Crippen LogP contribution < -0.4 is 4.74 Å². The second kappa shape index (κ2) is 11.3. The summed E-state index contributed by atoms with van der Waals surface area (Å²) in [5.41, 5.74) is 2.27. The molecule has 4 heteroatoms. The van der Waals surface area contributed by atoms with Gasteiger partial charge in [-0.15, -0.1) is 0 Å². The first kappa shape index (κ1) is 23.9. The average Bonchev–Trinajstić information content (AvgIpc) is 2.86. The van der Waals surface area contributed by atoms with Crippen LogP contribution in [-0.2, 0) is 4.74 Å². The lowest BCUT2D eigenvalue weighted by Crippen LogP contribution is -2.31. The maximum Gasteiger partial charge on any atom is 0.201 e. The summed E-state index contributed by atoms with van der Waals surface area (Å²) in [7, 11) is 0. The molecule has 0 amide bonds. The van der Waals surface area contributed by atoms with Crippen LogP contribution in [0.3, 0.4) is 0 Å². The average molecular weight is 455 g/mol. The molecular formula is C29H36F2O2. The molecule has 1 aliphatic carbocycles. The summed E-state index contributed by atoms with van der Waals surface area (Å²) in [4.78, 5) is 0.